The summed E-state index contributed by atoms with van der Waals surface area (Å²) >= 11 is 0. The zero-order valence-electron chi connectivity index (χ0n) is 16.0. The summed E-state index contributed by atoms with van der Waals surface area (Å²) in [5, 5.41) is 9.86. The van der Waals surface area contributed by atoms with Gasteiger partial charge in [0.25, 0.3) is 0 Å². The number of benzene rings is 2. The summed E-state index contributed by atoms with van der Waals surface area (Å²) in [6.07, 6.45) is 3.55. The van der Waals surface area contributed by atoms with Gasteiger partial charge in [-0.3, -0.25) is 14.9 Å². The molecule has 1 aromatic heterocycles. The Balaban J connectivity index is 1.32. The van der Waals surface area contributed by atoms with Gasteiger partial charge in [-0.15, -0.1) is 5.10 Å². The van der Waals surface area contributed by atoms with Crippen LogP contribution in [0.3, 0.4) is 0 Å². The van der Waals surface area contributed by atoms with Crippen LogP contribution in [0.2, 0.25) is 0 Å². The number of rotatable bonds is 8. The van der Waals surface area contributed by atoms with Gasteiger partial charge in [0, 0.05) is 6.54 Å². The van der Waals surface area contributed by atoms with Crippen LogP contribution in [0.1, 0.15) is 29.9 Å². The van der Waals surface area contributed by atoms with Crippen LogP contribution in [0, 0.1) is 5.92 Å². The summed E-state index contributed by atoms with van der Waals surface area (Å²) in [6, 6.07) is 19.5. The van der Waals surface area contributed by atoms with Crippen LogP contribution in [0.15, 0.2) is 67.0 Å². The summed E-state index contributed by atoms with van der Waals surface area (Å²) in [5.74, 6) is 0.106. The minimum atomic E-state index is -0.197. The van der Waals surface area contributed by atoms with E-state index in [0.29, 0.717) is 12.5 Å². The van der Waals surface area contributed by atoms with Crippen molar-refractivity contribution in [3.05, 3.63) is 78.1 Å². The van der Waals surface area contributed by atoms with Crippen molar-refractivity contribution in [2.75, 3.05) is 5.32 Å². The van der Waals surface area contributed by atoms with E-state index in [9.17, 15) is 9.59 Å². The summed E-state index contributed by atoms with van der Waals surface area (Å²) in [5.41, 5.74) is 2.03. The van der Waals surface area contributed by atoms with Crippen LogP contribution in [0.25, 0.3) is 0 Å². The molecule has 1 unspecified atom stereocenters. The molecule has 0 saturated heterocycles. The van der Waals surface area contributed by atoms with Crippen molar-refractivity contribution in [2.45, 2.75) is 31.8 Å². The molecule has 7 nitrogen and oxygen atoms in total. The Morgan fingerprint density at radius 3 is 2.41 bits per heavy atom. The van der Waals surface area contributed by atoms with Crippen LogP contribution in [-0.4, -0.2) is 26.6 Å². The van der Waals surface area contributed by atoms with Gasteiger partial charge in [-0.2, -0.15) is 0 Å². The highest BCUT2D eigenvalue weighted by atomic mass is 16.2. The zero-order chi connectivity index (χ0) is 20.1. The Morgan fingerprint density at radius 1 is 1.03 bits per heavy atom. The standard InChI is InChI=1S/C22H23N5O2/c28-19(23-13-16-7-3-1-4-8-16)14-27-15-24-22(26-27)25-21(29)20(18-11-12-18)17-9-5-2-6-10-17/h1-10,15,18,20H,11-14H2,(H,23,28)(H,25,26,29). The highest BCUT2D eigenvalue weighted by Crippen LogP contribution is 2.43. The van der Waals surface area contributed by atoms with Crippen molar-refractivity contribution >= 4 is 17.8 Å². The number of nitrogens with one attached hydrogen (secondary N) is 2. The molecule has 4 rings (SSSR count). The van der Waals surface area contributed by atoms with Crippen molar-refractivity contribution in [1.29, 1.82) is 0 Å². The third-order valence-electron chi connectivity index (χ3n) is 4.94. The van der Waals surface area contributed by atoms with E-state index in [-0.39, 0.29) is 30.2 Å². The summed E-state index contributed by atoms with van der Waals surface area (Å²) < 4.78 is 1.42. The molecule has 7 heteroatoms. The van der Waals surface area contributed by atoms with Gasteiger partial charge in [-0.1, -0.05) is 60.7 Å². The lowest BCUT2D eigenvalue weighted by Crippen LogP contribution is -2.27. The maximum absolute atomic E-state index is 12.8. The molecule has 0 bridgehead atoms. The smallest absolute Gasteiger partial charge is 0.248 e. The van der Waals surface area contributed by atoms with Gasteiger partial charge in [0.2, 0.25) is 17.8 Å². The van der Waals surface area contributed by atoms with E-state index >= 15 is 0 Å². The van der Waals surface area contributed by atoms with E-state index in [1.807, 2.05) is 60.7 Å². The second-order valence-electron chi connectivity index (χ2n) is 7.24. The number of aromatic nitrogens is 3. The molecule has 0 aliphatic heterocycles. The number of nitrogens with zero attached hydrogens (tertiary/aromatic N) is 3. The first-order valence-electron chi connectivity index (χ1n) is 9.75. The van der Waals surface area contributed by atoms with E-state index in [1.54, 1.807) is 0 Å². The second kappa shape index (κ2) is 8.68. The van der Waals surface area contributed by atoms with Gasteiger partial charge in [0.1, 0.15) is 12.9 Å². The topological polar surface area (TPSA) is 88.9 Å². The van der Waals surface area contributed by atoms with E-state index in [2.05, 4.69) is 20.7 Å². The average Bonchev–Trinajstić information content (AvgIpc) is 3.48. The predicted octanol–water partition coefficient (Wildman–Crippen LogP) is 2.73. The van der Waals surface area contributed by atoms with Gasteiger partial charge in [0.05, 0.1) is 5.92 Å². The second-order valence-corrected chi connectivity index (χ2v) is 7.24. The van der Waals surface area contributed by atoms with Crippen LogP contribution in [0.5, 0.6) is 0 Å². The Bertz CT molecular complexity index is 967. The first kappa shape index (κ1) is 18.9. The molecule has 29 heavy (non-hydrogen) atoms. The Kier molecular flexibility index (Phi) is 5.65. The fraction of sp³-hybridized carbons (Fsp3) is 0.273. The first-order valence-corrected chi connectivity index (χ1v) is 9.75. The zero-order valence-corrected chi connectivity index (χ0v) is 16.0. The van der Waals surface area contributed by atoms with E-state index in [4.69, 9.17) is 0 Å². The van der Waals surface area contributed by atoms with Gasteiger partial charge < -0.3 is 5.32 Å². The molecule has 1 heterocycles. The third kappa shape index (κ3) is 5.07. The number of hydrogen-bond acceptors (Lipinski definition) is 4. The molecular weight excluding hydrogens is 366 g/mol. The maximum Gasteiger partial charge on any atom is 0.248 e. The molecule has 148 valence electrons. The molecule has 2 aromatic carbocycles. The van der Waals surface area contributed by atoms with E-state index < -0.39 is 0 Å². The highest BCUT2D eigenvalue weighted by Gasteiger charge is 2.37. The van der Waals surface area contributed by atoms with Crippen LogP contribution >= 0.6 is 0 Å². The fourth-order valence-electron chi connectivity index (χ4n) is 3.34. The molecule has 1 atom stereocenters. The normalized spacial score (nSPS) is 14.2. The first-order chi connectivity index (χ1) is 14.2. The SMILES string of the molecule is O=C(Cn1cnc(NC(=O)C(c2ccccc2)C2CC2)n1)NCc1ccccc1. The Morgan fingerprint density at radius 2 is 1.72 bits per heavy atom. The van der Waals surface area contributed by atoms with Gasteiger partial charge >= 0.3 is 0 Å². The number of hydrogen-bond donors (Lipinski definition) is 2. The van der Waals surface area contributed by atoms with E-state index in [1.165, 1.54) is 11.0 Å². The summed E-state index contributed by atoms with van der Waals surface area (Å²) in [7, 11) is 0. The predicted molar refractivity (Wildman–Crippen MR) is 109 cm³/mol. The van der Waals surface area contributed by atoms with Crippen LogP contribution < -0.4 is 10.6 Å². The number of carbonyl (C=O) groups is 2. The lowest BCUT2D eigenvalue weighted by atomic mass is 9.93. The van der Waals surface area contributed by atoms with Gasteiger partial charge in [-0.05, 0) is 29.9 Å². The van der Waals surface area contributed by atoms with Crippen LogP contribution in [0.4, 0.5) is 5.95 Å². The van der Waals surface area contributed by atoms with Crippen molar-refractivity contribution < 1.29 is 9.59 Å². The lowest BCUT2D eigenvalue weighted by Gasteiger charge is -2.15. The molecule has 0 spiro atoms. The Hall–Kier alpha value is -3.48. The minimum Gasteiger partial charge on any atom is -0.350 e. The van der Waals surface area contributed by atoms with Gasteiger partial charge in [-0.25, -0.2) is 9.67 Å². The molecule has 0 radical (unpaired) electrons. The monoisotopic (exact) mass is 389 g/mol. The molecule has 2 amide bonds. The molecular formula is C22H23N5O2. The molecule has 1 aliphatic carbocycles. The number of anilines is 1. The molecule has 3 aromatic rings. The van der Waals surface area contributed by atoms with Crippen molar-refractivity contribution in [2.24, 2.45) is 5.92 Å². The largest absolute Gasteiger partial charge is 0.350 e. The maximum atomic E-state index is 12.8. The van der Waals surface area contributed by atoms with Crippen molar-refractivity contribution in [3.8, 4) is 0 Å². The summed E-state index contributed by atoms with van der Waals surface area (Å²) in [4.78, 5) is 29.0. The molecule has 2 N–H and O–H groups in total. The lowest BCUT2D eigenvalue weighted by molar-refractivity contribution is -0.122. The molecule has 1 aliphatic rings. The Labute approximate surface area is 169 Å². The van der Waals surface area contributed by atoms with Crippen LogP contribution in [-0.2, 0) is 22.7 Å². The van der Waals surface area contributed by atoms with Crippen molar-refractivity contribution in [1.82, 2.24) is 20.1 Å². The minimum absolute atomic E-state index is 0.0421. The molecule has 1 fully saturated rings. The van der Waals surface area contributed by atoms with Gasteiger partial charge in [0.15, 0.2) is 0 Å². The quantitative estimate of drug-likeness (QED) is 0.620. The third-order valence-corrected chi connectivity index (χ3v) is 4.94. The fourth-order valence-corrected chi connectivity index (χ4v) is 3.34. The van der Waals surface area contributed by atoms with E-state index in [0.717, 1.165) is 24.0 Å². The number of carbonyl (C=O) groups excluding carboxylic acids is 2. The average molecular weight is 389 g/mol. The molecule has 1 saturated carbocycles. The number of amides is 2. The summed E-state index contributed by atoms with van der Waals surface area (Å²) in [6.45, 7) is 0.499. The van der Waals surface area contributed by atoms with Crippen molar-refractivity contribution in [3.63, 3.8) is 0 Å². The highest BCUT2D eigenvalue weighted by molar-refractivity contribution is 5.95.